The Morgan fingerprint density at radius 1 is 1.32 bits per heavy atom. The van der Waals surface area contributed by atoms with Gasteiger partial charge in [-0.3, -0.25) is 4.57 Å². The average molecular weight is 271 g/mol. The van der Waals surface area contributed by atoms with Crippen molar-refractivity contribution in [2.45, 2.75) is 12.3 Å². The first-order chi connectivity index (χ1) is 9.43. The topological polar surface area (TPSA) is 39.9 Å². The molecule has 1 atom stereocenters. The highest BCUT2D eigenvalue weighted by Crippen LogP contribution is 2.31. The molecule has 1 fully saturated rings. The Morgan fingerprint density at radius 2 is 2.32 bits per heavy atom. The van der Waals surface area contributed by atoms with Crippen molar-refractivity contribution in [3.8, 4) is 5.00 Å². The quantitative estimate of drug-likeness (QED) is 0.719. The van der Waals surface area contributed by atoms with Crippen molar-refractivity contribution < 1.29 is 4.74 Å². The van der Waals surface area contributed by atoms with E-state index in [4.69, 9.17) is 9.72 Å². The van der Waals surface area contributed by atoms with Gasteiger partial charge < -0.3 is 4.74 Å². The van der Waals surface area contributed by atoms with Gasteiger partial charge in [0.25, 0.3) is 0 Å². The monoisotopic (exact) mass is 271 g/mol. The summed E-state index contributed by atoms with van der Waals surface area (Å²) in [7, 11) is 0. The number of nitrogens with zero attached hydrogens (tertiary/aromatic N) is 3. The van der Waals surface area contributed by atoms with Crippen molar-refractivity contribution in [2.75, 3.05) is 13.2 Å². The molecular weight excluding hydrogens is 258 g/mol. The maximum atomic E-state index is 5.51. The van der Waals surface area contributed by atoms with E-state index in [9.17, 15) is 0 Å². The predicted octanol–water partition coefficient (Wildman–Crippen LogP) is 2.99. The van der Waals surface area contributed by atoms with Gasteiger partial charge in [-0.2, -0.15) is 0 Å². The number of fused-ring (bicyclic) bond motifs is 1. The Labute approximate surface area is 114 Å². The zero-order chi connectivity index (χ0) is 12.7. The minimum atomic E-state index is 0.372. The van der Waals surface area contributed by atoms with Crippen molar-refractivity contribution >= 4 is 22.5 Å². The Balaban J connectivity index is 1.98. The third-order valence-corrected chi connectivity index (χ3v) is 4.32. The van der Waals surface area contributed by atoms with E-state index in [0.29, 0.717) is 5.92 Å². The van der Waals surface area contributed by atoms with Crippen molar-refractivity contribution in [3.05, 3.63) is 41.7 Å². The average Bonchev–Trinajstić information content (AvgIpc) is 3.17. The third kappa shape index (κ3) is 1.77. The summed E-state index contributed by atoms with van der Waals surface area (Å²) in [6.45, 7) is 1.58. The molecule has 1 aliphatic rings. The minimum Gasteiger partial charge on any atom is -0.381 e. The van der Waals surface area contributed by atoms with Crippen molar-refractivity contribution in [1.82, 2.24) is 14.5 Å². The van der Waals surface area contributed by atoms with E-state index in [1.165, 1.54) is 5.00 Å². The highest BCUT2D eigenvalue weighted by molar-refractivity contribution is 7.12. The maximum Gasteiger partial charge on any atom is 0.165 e. The highest BCUT2D eigenvalue weighted by Gasteiger charge is 2.25. The molecule has 5 heteroatoms. The fourth-order valence-corrected chi connectivity index (χ4v) is 3.30. The van der Waals surface area contributed by atoms with Crippen LogP contribution in [0.2, 0.25) is 0 Å². The summed E-state index contributed by atoms with van der Waals surface area (Å²) in [5.74, 6) is 1.45. The van der Waals surface area contributed by atoms with Crippen molar-refractivity contribution in [1.29, 1.82) is 0 Å². The van der Waals surface area contributed by atoms with Gasteiger partial charge in [0.05, 0.1) is 6.61 Å². The Kier molecular flexibility index (Phi) is 2.60. The zero-order valence-corrected chi connectivity index (χ0v) is 11.1. The summed E-state index contributed by atoms with van der Waals surface area (Å²) in [5, 5.41) is 3.25. The van der Waals surface area contributed by atoms with Gasteiger partial charge in [-0.05, 0) is 36.1 Å². The molecule has 0 N–H and O–H groups in total. The normalized spacial score (nSPS) is 19.3. The number of ether oxygens (including phenoxy) is 1. The van der Waals surface area contributed by atoms with Crippen molar-refractivity contribution in [3.63, 3.8) is 0 Å². The van der Waals surface area contributed by atoms with Gasteiger partial charge in [0.2, 0.25) is 0 Å². The Morgan fingerprint density at radius 3 is 3.11 bits per heavy atom. The van der Waals surface area contributed by atoms with E-state index in [-0.39, 0.29) is 0 Å². The summed E-state index contributed by atoms with van der Waals surface area (Å²) < 4.78 is 7.69. The van der Waals surface area contributed by atoms with Crippen LogP contribution in [-0.4, -0.2) is 27.7 Å². The molecule has 19 heavy (non-hydrogen) atoms. The van der Waals surface area contributed by atoms with E-state index >= 15 is 0 Å². The number of thiophene rings is 1. The zero-order valence-electron chi connectivity index (χ0n) is 10.3. The molecule has 3 aromatic heterocycles. The molecule has 0 bridgehead atoms. The van der Waals surface area contributed by atoms with Gasteiger partial charge in [0.15, 0.2) is 5.65 Å². The summed E-state index contributed by atoms with van der Waals surface area (Å²) in [6.07, 6.45) is 2.86. The van der Waals surface area contributed by atoms with Gasteiger partial charge in [-0.25, -0.2) is 9.97 Å². The first-order valence-corrected chi connectivity index (χ1v) is 7.26. The van der Waals surface area contributed by atoms with Crippen LogP contribution in [0.25, 0.3) is 16.2 Å². The molecular formula is C14H13N3OS. The lowest BCUT2D eigenvalue weighted by molar-refractivity contribution is 0.193. The lowest BCUT2D eigenvalue weighted by Gasteiger charge is -2.10. The number of aromatic nitrogens is 3. The van der Waals surface area contributed by atoms with Crippen LogP contribution >= 0.6 is 11.3 Å². The van der Waals surface area contributed by atoms with Gasteiger partial charge in [0, 0.05) is 18.7 Å². The summed E-state index contributed by atoms with van der Waals surface area (Å²) in [6, 6.07) is 8.12. The van der Waals surface area contributed by atoms with E-state index in [2.05, 4.69) is 27.1 Å². The van der Waals surface area contributed by atoms with Crippen LogP contribution < -0.4 is 0 Å². The summed E-state index contributed by atoms with van der Waals surface area (Å²) in [4.78, 5) is 9.27. The second-order valence-corrected chi connectivity index (χ2v) is 5.59. The van der Waals surface area contributed by atoms with Crippen LogP contribution in [0.3, 0.4) is 0 Å². The molecule has 4 heterocycles. The standard InChI is InChI=1S/C14H13N3OS/c1-3-11-14(15-6-1)17(12-4-2-8-19-12)13(16-11)10-5-7-18-9-10/h1-4,6,8,10H,5,7,9H2. The smallest absolute Gasteiger partial charge is 0.165 e. The second-order valence-electron chi connectivity index (χ2n) is 4.66. The summed E-state index contributed by atoms with van der Waals surface area (Å²) in [5.41, 5.74) is 1.89. The molecule has 0 aliphatic carbocycles. The van der Waals surface area contributed by atoms with E-state index in [1.807, 2.05) is 18.3 Å². The molecule has 4 rings (SSSR count). The third-order valence-electron chi connectivity index (χ3n) is 3.46. The largest absolute Gasteiger partial charge is 0.381 e. The predicted molar refractivity (Wildman–Crippen MR) is 74.9 cm³/mol. The van der Waals surface area contributed by atoms with Gasteiger partial charge in [-0.15, -0.1) is 11.3 Å². The number of rotatable bonds is 2. The number of hydrogen-bond acceptors (Lipinski definition) is 4. The maximum absolute atomic E-state index is 5.51. The number of pyridine rings is 1. The molecule has 0 spiro atoms. The fraction of sp³-hybridized carbons (Fsp3) is 0.286. The van der Waals surface area contributed by atoms with Crippen LogP contribution in [0.5, 0.6) is 0 Å². The van der Waals surface area contributed by atoms with E-state index in [0.717, 1.165) is 36.6 Å². The number of hydrogen-bond donors (Lipinski definition) is 0. The van der Waals surface area contributed by atoms with Crippen LogP contribution in [0.4, 0.5) is 0 Å². The molecule has 3 aromatic rings. The molecule has 1 unspecified atom stereocenters. The molecule has 4 nitrogen and oxygen atoms in total. The molecule has 1 saturated heterocycles. The SMILES string of the molecule is c1csc(-n2c(C3CCOC3)nc3cccnc32)c1. The molecule has 1 aliphatic heterocycles. The molecule has 0 amide bonds. The van der Waals surface area contributed by atoms with Gasteiger partial charge in [-0.1, -0.05) is 0 Å². The Bertz CT molecular complexity index is 699. The van der Waals surface area contributed by atoms with Crippen LogP contribution in [0.1, 0.15) is 18.2 Å². The van der Waals surface area contributed by atoms with E-state index in [1.54, 1.807) is 11.3 Å². The van der Waals surface area contributed by atoms with Crippen LogP contribution in [0, 0.1) is 0 Å². The lowest BCUT2D eigenvalue weighted by atomic mass is 10.1. The second kappa shape index (κ2) is 4.43. The molecule has 0 aromatic carbocycles. The molecule has 96 valence electrons. The van der Waals surface area contributed by atoms with E-state index < -0.39 is 0 Å². The van der Waals surface area contributed by atoms with Crippen LogP contribution in [-0.2, 0) is 4.74 Å². The molecule has 0 radical (unpaired) electrons. The first kappa shape index (κ1) is 11.1. The first-order valence-electron chi connectivity index (χ1n) is 6.38. The fourth-order valence-electron chi connectivity index (χ4n) is 2.56. The van der Waals surface area contributed by atoms with Gasteiger partial charge >= 0.3 is 0 Å². The highest BCUT2D eigenvalue weighted by atomic mass is 32.1. The minimum absolute atomic E-state index is 0.372. The van der Waals surface area contributed by atoms with Crippen LogP contribution in [0.15, 0.2) is 35.8 Å². The van der Waals surface area contributed by atoms with Crippen molar-refractivity contribution in [2.24, 2.45) is 0 Å². The van der Waals surface area contributed by atoms with Gasteiger partial charge in [0.1, 0.15) is 16.3 Å². The Hall–Kier alpha value is -1.72. The number of imidazole rings is 1. The molecule has 0 saturated carbocycles. The lowest BCUT2D eigenvalue weighted by Crippen LogP contribution is -2.07. The summed E-state index contributed by atoms with van der Waals surface area (Å²) >= 11 is 1.71.